The van der Waals surface area contributed by atoms with Crippen LogP contribution in [0.2, 0.25) is 0 Å². The van der Waals surface area contributed by atoms with E-state index < -0.39 is 0 Å². The third-order valence-electron chi connectivity index (χ3n) is 21.8. The number of nitrogens with zero attached hydrogens (tertiary/aromatic N) is 7. The van der Waals surface area contributed by atoms with Gasteiger partial charge in [0.15, 0.2) is 5.78 Å². The molecule has 7 aromatic heterocycles. The zero-order chi connectivity index (χ0) is 97.2. The molecular weight excluding hydrogens is 2450 g/mol. The summed E-state index contributed by atoms with van der Waals surface area (Å²) in [6.45, 7) is 27.5. The van der Waals surface area contributed by atoms with E-state index in [1.54, 1.807) is 6.20 Å². The molecule has 0 atom stereocenters. The molecule has 13 heteroatoms. The first-order chi connectivity index (χ1) is 67.1. The first kappa shape index (κ1) is 114. The maximum atomic E-state index is 11.2. The molecule has 0 bridgehead atoms. The Morgan fingerprint density at radius 1 is 0.303 bits per heavy atom. The Morgan fingerprint density at radius 3 is 1.18 bits per heavy atom. The number of ketones is 1. The largest absolute Gasteiger partial charge is 0.512 e. The molecule has 19 rings (SSSR count). The van der Waals surface area contributed by atoms with Gasteiger partial charge in [-0.1, -0.05) is 257 Å². The second kappa shape index (κ2) is 60.8. The van der Waals surface area contributed by atoms with Crippen LogP contribution in [0.15, 0.2) is 419 Å². The molecule has 1 N–H and O–H groups in total. The number of benzene rings is 12. The van der Waals surface area contributed by atoms with E-state index in [-0.39, 0.29) is 92.0 Å². The smallest absolute Gasteiger partial charge is 0.159 e. The van der Waals surface area contributed by atoms with Crippen molar-refractivity contribution in [3.8, 4) is 123 Å². The molecule has 4 radical (unpaired) electrons. The molecule has 19 aromatic rings. The Kier molecular flexibility index (Phi) is 48.8. The normalized spacial score (nSPS) is 10.4. The van der Waals surface area contributed by atoms with Crippen molar-refractivity contribution in [3.05, 3.63) is 500 Å². The maximum absolute atomic E-state index is 11.2. The minimum atomic E-state index is 0. The number of fused-ring (bicyclic) bond motifs is 1. The monoisotopic (exact) mass is 2570 g/mol. The van der Waals surface area contributed by atoms with E-state index in [2.05, 4.69) is 279 Å². The zero-order valence-electron chi connectivity index (χ0n) is 82.7. The summed E-state index contributed by atoms with van der Waals surface area (Å²) in [5.41, 5.74) is 33.6. The molecule has 0 saturated heterocycles. The van der Waals surface area contributed by atoms with Crippen molar-refractivity contribution in [3.63, 3.8) is 0 Å². The number of pyridine rings is 7. The molecule has 12 aromatic carbocycles. The topological polar surface area (TPSA) is 128 Å². The fourth-order valence-corrected chi connectivity index (χ4v) is 15.2. The zero-order valence-corrected chi connectivity index (χ0v) is 92.3. The molecule has 0 aliphatic heterocycles. The van der Waals surface area contributed by atoms with E-state index in [0.717, 1.165) is 108 Å². The van der Waals surface area contributed by atoms with Gasteiger partial charge < -0.3 is 35.0 Å². The SMILES string of the molecule is CC(C)CC(=O)C=C(O)CC(C)C.CC(C)Cc1ccc(-c2ccnc(-c3[c-]cccc3)c2)cc1.Cc1[c-]c(-c2cc(CC(C)C)c3cc(-c4ccccc4)ccc3n2)cc(C)c1.Cc1cc(-c2[c-]cccc2)ncc1-c1ccccc1.Cc1ccc(-c2[c-]cccc2)nc1.Cc1ccnc(-c2[c-]cccc2)c1.[Ir].[Ir].[Ir].[Ir].[c-]1ccccc1-c1ccc(-c2ccccc2)cn1.[c-]1ccccc1-c1ccccn1. The van der Waals surface area contributed by atoms with Gasteiger partial charge in [0.05, 0.1) is 11.3 Å². The summed E-state index contributed by atoms with van der Waals surface area (Å²) in [4.78, 5) is 42.5. The second-order valence-electron chi connectivity index (χ2n) is 35.5. The summed E-state index contributed by atoms with van der Waals surface area (Å²) in [5, 5.41) is 10.6. The minimum Gasteiger partial charge on any atom is -0.512 e. The van der Waals surface area contributed by atoms with Crippen molar-refractivity contribution in [2.24, 2.45) is 23.7 Å². The summed E-state index contributed by atoms with van der Waals surface area (Å²) in [7, 11) is 0. The second-order valence-corrected chi connectivity index (χ2v) is 35.5. The molecule has 0 saturated carbocycles. The summed E-state index contributed by atoms with van der Waals surface area (Å²) in [6, 6.07) is 148. The van der Waals surface area contributed by atoms with Gasteiger partial charge >= 0.3 is 0 Å². The number of carbonyl (C=O) groups excluding carboxylic acids is 1. The van der Waals surface area contributed by atoms with Crippen LogP contribution in [0, 0.1) is 101 Å². The van der Waals surface area contributed by atoms with Crippen LogP contribution >= 0.6 is 0 Å². The van der Waals surface area contributed by atoms with Gasteiger partial charge in [-0.3, -0.25) is 9.78 Å². The van der Waals surface area contributed by atoms with Crippen molar-refractivity contribution in [2.45, 2.75) is 116 Å². The number of aromatic nitrogens is 7. The number of aryl methyl sites for hydroxylation is 5. The average Bonchev–Trinajstić information content (AvgIpc) is 0.777. The summed E-state index contributed by atoms with van der Waals surface area (Å²) in [6.07, 6.45) is 15.8. The standard InChI is InChI=1S/C27H26N.C21H20N.C18H14N.C17H12N.2C12H10N.C11H8N.C11H20O2.4Ir/c1-18(2)12-23-17-27(24-14-19(3)13-20(4)15-24)28-26-11-10-22(16-25(23)26)21-8-6-5-7-9-21;1-16(2)14-17-8-10-18(11-9-17)20-12-13-22-21(15-20)19-6-4-3-5-7-19;1-14-12-18(16-10-6-3-7-11-16)19-13-17(14)15-8-4-2-5-9-15;1-3-7-14(8-4-1)16-11-12-17(18-13-16)15-9-5-2-6-10-15;1-10-7-8-13-12(9-10)11-5-3-2-4-6-11;1-10-7-8-12(13-9-10)11-5-3-2-4-6-11;1-2-6-10(7-3-1)11-8-4-5-9-12-11;1-8(2)5-10(12)7-11(13)6-9(3)4;;;;/h5-11,13-14,16-18H,12H2,1-4H3;3-6,8-13,15-16H,14H2,1-2H3;2-10,12-13H,1H3;1-9,11-13H;2*2-5,7-9H,1H3;1-6,8-9H;7-9,12H,5-6H2,1-4H3;;;;/q7*-1;;;;;. The first-order valence-corrected chi connectivity index (χ1v) is 47.2. The van der Waals surface area contributed by atoms with Crippen LogP contribution in [0.3, 0.4) is 0 Å². The van der Waals surface area contributed by atoms with Gasteiger partial charge in [0, 0.05) is 147 Å². The molecule has 142 heavy (non-hydrogen) atoms. The predicted octanol–water partition coefficient (Wildman–Crippen LogP) is 32.7. The van der Waals surface area contributed by atoms with Gasteiger partial charge in [0.2, 0.25) is 0 Å². The Balaban J connectivity index is 0.000000201. The maximum Gasteiger partial charge on any atom is 0.159 e. The van der Waals surface area contributed by atoms with E-state index in [4.69, 9.17) is 4.98 Å². The van der Waals surface area contributed by atoms with Crippen LogP contribution in [-0.4, -0.2) is 45.8 Å². The fraction of sp³-hybridized carbons (Fsp3) is 0.163. The minimum absolute atomic E-state index is 0. The van der Waals surface area contributed by atoms with Crippen LogP contribution in [0.25, 0.3) is 134 Å². The quantitative estimate of drug-likeness (QED) is 0.0451. The molecular formula is C129H120Ir4N7O2-7. The van der Waals surface area contributed by atoms with E-state index in [1.807, 2.05) is 284 Å². The Labute approximate surface area is 897 Å². The van der Waals surface area contributed by atoms with Gasteiger partial charge in [-0.05, 0) is 189 Å². The predicted molar refractivity (Wildman–Crippen MR) is 574 cm³/mol. The van der Waals surface area contributed by atoms with Crippen molar-refractivity contribution in [1.82, 2.24) is 34.9 Å². The number of carbonyl (C=O) groups is 1. The number of hydrogen-bond donors (Lipinski definition) is 1. The first-order valence-electron chi connectivity index (χ1n) is 47.2. The van der Waals surface area contributed by atoms with Crippen LogP contribution in [0.5, 0.6) is 0 Å². The van der Waals surface area contributed by atoms with Crippen molar-refractivity contribution >= 4 is 16.7 Å². The van der Waals surface area contributed by atoms with Crippen LogP contribution in [-0.2, 0) is 98.1 Å². The van der Waals surface area contributed by atoms with Gasteiger partial charge in [0.1, 0.15) is 0 Å². The number of hydrogen-bond acceptors (Lipinski definition) is 9. The molecule has 0 fully saturated rings. The number of aliphatic hydroxyl groups excluding tert-OH is 1. The van der Waals surface area contributed by atoms with Crippen LogP contribution < -0.4 is 0 Å². The Bertz CT molecular complexity index is 6780. The third kappa shape index (κ3) is 37.6. The molecule has 0 aliphatic carbocycles. The summed E-state index contributed by atoms with van der Waals surface area (Å²) in [5.74, 6) is 2.25. The van der Waals surface area contributed by atoms with E-state index in [1.165, 1.54) is 83.8 Å². The number of allylic oxidation sites excluding steroid dienone is 2. The molecule has 0 spiro atoms. The third-order valence-corrected chi connectivity index (χ3v) is 21.8. The molecule has 726 valence electrons. The summed E-state index contributed by atoms with van der Waals surface area (Å²) < 4.78 is 0. The number of rotatable bonds is 20. The Hall–Kier alpha value is -13.2. The molecule has 9 nitrogen and oxygen atoms in total. The van der Waals surface area contributed by atoms with E-state index in [9.17, 15) is 9.90 Å². The fourth-order valence-electron chi connectivity index (χ4n) is 15.2. The van der Waals surface area contributed by atoms with Crippen molar-refractivity contribution in [1.29, 1.82) is 0 Å². The molecule has 0 amide bonds. The average molecular weight is 2570 g/mol. The van der Waals surface area contributed by atoms with Crippen molar-refractivity contribution in [2.75, 3.05) is 0 Å². The summed E-state index contributed by atoms with van der Waals surface area (Å²) >= 11 is 0. The van der Waals surface area contributed by atoms with Crippen LogP contribution in [0.1, 0.15) is 107 Å². The number of aliphatic hydroxyl groups is 1. The van der Waals surface area contributed by atoms with Crippen LogP contribution in [0.4, 0.5) is 0 Å². The van der Waals surface area contributed by atoms with Gasteiger partial charge in [-0.15, -0.1) is 250 Å². The Morgan fingerprint density at radius 2 is 0.725 bits per heavy atom. The van der Waals surface area contributed by atoms with E-state index >= 15 is 0 Å². The molecule has 7 heterocycles. The van der Waals surface area contributed by atoms with Gasteiger partial charge in [-0.2, -0.15) is 0 Å². The molecule has 0 aliphatic rings. The van der Waals surface area contributed by atoms with Gasteiger partial charge in [0.25, 0.3) is 0 Å². The van der Waals surface area contributed by atoms with Gasteiger partial charge in [-0.25, -0.2) is 0 Å². The van der Waals surface area contributed by atoms with Crippen molar-refractivity contribution < 1.29 is 90.3 Å². The molecule has 0 unspecified atom stereocenters. The van der Waals surface area contributed by atoms with E-state index in [0.29, 0.717) is 36.5 Å².